The zero-order chi connectivity index (χ0) is 15.2. The molecule has 114 valence electrons. The monoisotopic (exact) mass is 308 g/mol. The minimum Gasteiger partial charge on any atom is -0.497 e. The Morgan fingerprint density at radius 3 is 2.71 bits per heavy atom. The van der Waals surface area contributed by atoms with E-state index in [0.717, 1.165) is 28.0 Å². The van der Waals surface area contributed by atoms with E-state index in [2.05, 4.69) is 15.5 Å². The number of thioether (sulfide) groups is 1. The molecule has 2 aromatic rings. The first-order chi connectivity index (χ1) is 10.2. The van der Waals surface area contributed by atoms with Crippen molar-refractivity contribution < 1.29 is 9.47 Å². The molecule has 0 fully saturated rings. The molecule has 7 heteroatoms. The highest BCUT2D eigenvalue weighted by Crippen LogP contribution is 2.32. The Kier molecular flexibility index (Phi) is 5.46. The normalized spacial score (nSPS) is 12.2. The van der Waals surface area contributed by atoms with Crippen molar-refractivity contribution in [3.05, 3.63) is 30.1 Å². The summed E-state index contributed by atoms with van der Waals surface area (Å²) in [4.78, 5) is 0. The third-order valence-corrected chi connectivity index (χ3v) is 4.34. The van der Waals surface area contributed by atoms with Crippen LogP contribution >= 0.6 is 11.8 Å². The molecule has 0 saturated heterocycles. The fraction of sp³-hybridized carbons (Fsp3) is 0.429. The number of benzene rings is 1. The van der Waals surface area contributed by atoms with Gasteiger partial charge in [0, 0.05) is 30.5 Å². The zero-order valence-electron chi connectivity index (χ0n) is 12.7. The van der Waals surface area contributed by atoms with Crippen LogP contribution in [-0.2, 0) is 7.05 Å². The number of nitrogens with zero attached hydrogens (tertiary/aromatic N) is 3. The predicted octanol–water partition coefficient (Wildman–Crippen LogP) is 1.89. The largest absolute Gasteiger partial charge is 0.497 e. The van der Waals surface area contributed by atoms with Gasteiger partial charge in [0.15, 0.2) is 5.16 Å². The van der Waals surface area contributed by atoms with Gasteiger partial charge in [0.2, 0.25) is 0 Å². The first-order valence-corrected chi connectivity index (χ1v) is 7.54. The van der Waals surface area contributed by atoms with Crippen LogP contribution in [0.4, 0.5) is 0 Å². The van der Waals surface area contributed by atoms with Crippen LogP contribution in [0, 0.1) is 0 Å². The van der Waals surface area contributed by atoms with Gasteiger partial charge in [-0.25, -0.2) is 0 Å². The molecule has 0 aliphatic rings. The second-order valence-corrected chi connectivity index (χ2v) is 5.47. The molecule has 0 saturated carbocycles. The van der Waals surface area contributed by atoms with Gasteiger partial charge < -0.3 is 19.4 Å². The summed E-state index contributed by atoms with van der Waals surface area (Å²) in [5, 5.41) is 12.2. The summed E-state index contributed by atoms with van der Waals surface area (Å²) < 4.78 is 12.6. The van der Waals surface area contributed by atoms with Crippen LogP contribution in [0.2, 0.25) is 0 Å². The van der Waals surface area contributed by atoms with Gasteiger partial charge in [0.1, 0.15) is 17.8 Å². The summed E-state index contributed by atoms with van der Waals surface area (Å²) in [7, 11) is 7.19. The predicted molar refractivity (Wildman–Crippen MR) is 83.1 cm³/mol. The molecule has 1 aromatic carbocycles. The van der Waals surface area contributed by atoms with Crippen LogP contribution in [0.5, 0.6) is 11.5 Å². The van der Waals surface area contributed by atoms with Gasteiger partial charge in [0.25, 0.3) is 0 Å². The van der Waals surface area contributed by atoms with Crippen LogP contribution in [0.3, 0.4) is 0 Å². The van der Waals surface area contributed by atoms with Gasteiger partial charge in [-0.05, 0) is 13.1 Å². The van der Waals surface area contributed by atoms with Gasteiger partial charge in [-0.2, -0.15) is 0 Å². The van der Waals surface area contributed by atoms with Crippen molar-refractivity contribution in [2.45, 2.75) is 11.2 Å². The van der Waals surface area contributed by atoms with Crippen LogP contribution < -0.4 is 14.8 Å². The quantitative estimate of drug-likeness (QED) is 0.788. The van der Waals surface area contributed by atoms with Crippen molar-refractivity contribution in [3.8, 4) is 11.5 Å². The molecule has 21 heavy (non-hydrogen) atoms. The third-order valence-electron chi connectivity index (χ3n) is 3.21. The summed E-state index contributed by atoms with van der Waals surface area (Å²) in [5.74, 6) is 2.42. The van der Waals surface area contributed by atoms with Gasteiger partial charge in [-0.15, -0.1) is 10.2 Å². The number of aryl methyl sites for hydroxylation is 1. The number of rotatable bonds is 7. The van der Waals surface area contributed by atoms with Crippen LogP contribution in [0.1, 0.15) is 11.6 Å². The lowest BCUT2D eigenvalue weighted by atomic mass is 10.1. The highest BCUT2D eigenvalue weighted by Gasteiger charge is 2.16. The second kappa shape index (κ2) is 7.33. The molecular formula is C14H20N4O2S. The number of methoxy groups -OCH3 is 2. The summed E-state index contributed by atoms with van der Waals surface area (Å²) in [6.45, 7) is 0. The second-order valence-electron chi connectivity index (χ2n) is 4.48. The van der Waals surface area contributed by atoms with Gasteiger partial charge >= 0.3 is 0 Å². The number of ether oxygens (including phenoxy) is 2. The van der Waals surface area contributed by atoms with E-state index in [1.54, 1.807) is 32.3 Å². The van der Waals surface area contributed by atoms with Crippen molar-refractivity contribution in [3.63, 3.8) is 0 Å². The average molecular weight is 308 g/mol. The van der Waals surface area contributed by atoms with E-state index >= 15 is 0 Å². The van der Waals surface area contributed by atoms with Gasteiger partial charge in [0.05, 0.1) is 14.2 Å². The molecule has 0 bridgehead atoms. The van der Waals surface area contributed by atoms with Gasteiger partial charge in [-0.1, -0.05) is 17.8 Å². The summed E-state index contributed by atoms with van der Waals surface area (Å²) in [6.07, 6.45) is 1.70. The molecule has 0 radical (unpaired) electrons. The molecule has 1 heterocycles. The highest BCUT2D eigenvalue weighted by molar-refractivity contribution is 7.99. The molecule has 0 spiro atoms. The standard InChI is InChI=1S/C14H20N4O2S/c1-15-12(8-21-14-17-16-9-18(14)2)11-6-5-10(19-3)7-13(11)20-4/h5-7,9,12,15H,8H2,1-4H3. The Balaban J connectivity index is 2.15. The van der Waals surface area contributed by atoms with Crippen molar-refractivity contribution in [1.29, 1.82) is 0 Å². The maximum Gasteiger partial charge on any atom is 0.190 e. The molecule has 0 aliphatic carbocycles. The van der Waals surface area contributed by atoms with Crippen LogP contribution in [-0.4, -0.2) is 41.8 Å². The minimum absolute atomic E-state index is 0.146. The smallest absolute Gasteiger partial charge is 0.190 e. The molecular weight excluding hydrogens is 288 g/mol. The molecule has 1 unspecified atom stereocenters. The molecule has 1 N–H and O–H groups in total. The molecule has 2 rings (SSSR count). The number of aromatic nitrogens is 3. The Bertz CT molecular complexity index is 588. The maximum atomic E-state index is 5.47. The van der Waals surface area contributed by atoms with Crippen LogP contribution in [0.25, 0.3) is 0 Å². The van der Waals surface area contributed by atoms with E-state index in [1.165, 1.54) is 0 Å². The molecule has 0 amide bonds. The fourth-order valence-corrected chi connectivity index (χ4v) is 3.01. The first-order valence-electron chi connectivity index (χ1n) is 6.55. The summed E-state index contributed by atoms with van der Waals surface area (Å²) in [6, 6.07) is 6.00. The van der Waals surface area contributed by atoms with Crippen molar-refractivity contribution >= 4 is 11.8 Å². The van der Waals surface area contributed by atoms with E-state index in [4.69, 9.17) is 9.47 Å². The average Bonchev–Trinajstić information content (AvgIpc) is 2.93. The van der Waals surface area contributed by atoms with E-state index in [0.29, 0.717) is 0 Å². The number of hydrogen-bond donors (Lipinski definition) is 1. The highest BCUT2D eigenvalue weighted by atomic mass is 32.2. The number of hydrogen-bond acceptors (Lipinski definition) is 6. The van der Waals surface area contributed by atoms with E-state index in [-0.39, 0.29) is 6.04 Å². The SMILES string of the molecule is CNC(CSc1nncn1C)c1ccc(OC)cc1OC. The Labute approximate surface area is 128 Å². The van der Waals surface area contributed by atoms with E-state index < -0.39 is 0 Å². The maximum absolute atomic E-state index is 5.47. The summed E-state index contributed by atoms with van der Waals surface area (Å²) >= 11 is 1.65. The molecule has 0 aliphatic heterocycles. The van der Waals surface area contributed by atoms with Crippen molar-refractivity contribution in [1.82, 2.24) is 20.1 Å². The Hall–Kier alpha value is -1.73. The molecule has 1 aromatic heterocycles. The lowest BCUT2D eigenvalue weighted by Crippen LogP contribution is -2.19. The Morgan fingerprint density at radius 2 is 2.14 bits per heavy atom. The lowest BCUT2D eigenvalue weighted by molar-refractivity contribution is 0.387. The first kappa shape index (κ1) is 15.7. The third kappa shape index (κ3) is 3.68. The van der Waals surface area contributed by atoms with E-state index in [9.17, 15) is 0 Å². The zero-order valence-corrected chi connectivity index (χ0v) is 13.5. The van der Waals surface area contributed by atoms with Crippen LogP contribution in [0.15, 0.2) is 29.7 Å². The van der Waals surface area contributed by atoms with Gasteiger partial charge in [-0.3, -0.25) is 0 Å². The lowest BCUT2D eigenvalue weighted by Gasteiger charge is -2.19. The van der Waals surface area contributed by atoms with E-state index in [1.807, 2.05) is 36.9 Å². The topological polar surface area (TPSA) is 61.2 Å². The van der Waals surface area contributed by atoms with Crippen molar-refractivity contribution in [2.75, 3.05) is 27.0 Å². The molecule has 6 nitrogen and oxygen atoms in total. The Morgan fingerprint density at radius 1 is 1.33 bits per heavy atom. The summed E-state index contributed by atoms with van der Waals surface area (Å²) in [5.41, 5.74) is 1.09. The fourth-order valence-electron chi connectivity index (χ4n) is 2.00. The van der Waals surface area contributed by atoms with Crippen molar-refractivity contribution in [2.24, 2.45) is 7.05 Å². The minimum atomic E-state index is 0.146. The molecule has 1 atom stereocenters. The number of nitrogens with one attached hydrogen (secondary N) is 1.